The number of rotatable bonds is 2. The Bertz CT molecular complexity index is 564. The van der Waals surface area contributed by atoms with E-state index in [0.29, 0.717) is 6.04 Å². The molecule has 2 aromatic rings. The number of anilines is 1. The number of hydrogen-bond donors (Lipinski definition) is 1. The minimum absolute atomic E-state index is 0.541. The van der Waals surface area contributed by atoms with Crippen molar-refractivity contribution in [3.05, 3.63) is 48.0 Å². The Kier molecular flexibility index (Phi) is 2.55. The third kappa shape index (κ3) is 2.02. The van der Waals surface area contributed by atoms with Gasteiger partial charge in [-0.1, -0.05) is 18.2 Å². The Labute approximate surface area is 113 Å². The Balaban J connectivity index is 1.42. The molecule has 98 valence electrons. The number of nitrogens with one attached hydrogen (secondary N) is 1. The second-order valence-corrected chi connectivity index (χ2v) is 5.47. The highest BCUT2D eigenvalue weighted by Gasteiger charge is 2.24. The van der Waals surface area contributed by atoms with Gasteiger partial charge >= 0.3 is 0 Å². The zero-order valence-corrected chi connectivity index (χ0v) is 10.9. The van der Waals surface area contributed by atoms with Gasteiger partial charge in [0.25, 0.3) is 0 Å². The summed E-state index contributed by atoms with van der Waals surface area (Å²) in [7, 11) is 0. The van der Waals surface area contributed by atoms with Gasteiger partial charge in [0.15, 0.2) is 0 Å². The van der Waals surface area contributed by atoms with Crippen LogP contribution in [0.25, 0.3) is 0 Å². The van der Waals surface area contributed by atoms with Crippen molar-refractivity contribution < 1.29 is 0 Å². The number of para-hydroxylation sites is 1. The molecule has 1 atom stereocenters. The number of imidazole rings is 1. The van der Waals surface area contributed by atoms with Crippen molar-refractivity contribution in [1.82, 2.24) is 14.5 Å². The summed E-state index contributed by atoms with van der Waals surface area (Å²) < 4.78 is 2.26. The van der Waals surface area contributed by atoms with Crippen molar-refractivity contribution in [3.63, 3.8) is 0 Å². The minimum atomic E-state index is 0.541. The van der Waals surface area contributed by atoms with Crippen LogP contribution in [0.3, 0.4) is 0 Å². The summed E-state index contributed by atoms with van der Waals surface area (Å²) in [6.45, 7) is 4.26. The van der Waals surface area contributed by atoms with Crippen molar-refractivity contribution in [3.8, 4) is 0 Å². The summed E-state index contributed by atoms with van der Waals surface area (Å²) in [6, 6.07) is 9.18. The fourth-order valence-corrected chi connectivity index (χ4v) is 3.18. The highest BCUT2D eigenvalue weighted by atomic mass is 15.2. The third-order valence-corrected chi connectivity index (χ3v) is 4.15. The molecule has 2 aliphatic rings. The normalized spacial score (nSPS) is 21.8. The second kappa shape index (κ2) is 4.38. The first-order valence-corrected chi connectivity index (χ1v) is 6.95. The molecular formula is C15H18N4. The van der Waals surface area contributed by atoms with Gasteiger partial charge in [0, 0.05) is 43.8 Å². The molecule has 0 aliphatic carbocycles. The van der Waals surface area contributed by atoms with E-state index in [9.17, 15) is 0 Å². The molecule has 1 aromatic heterocycles. The van der Waals surface area contributed by atoms with Crippen molar-refractivity contribution >= 4 is 5.69 Å². The molecule has 0 radical (unpaired) electrons. The number of hydrogen-bond acceptors (Lipinski definition) is 3. The third-order valence-electron chi connectivity index (χ3n) is 4.15. The topological polar surface area (TPSA) is 33.1 Å². The molecule has 0 fully saturated rings. The Morgan fingerprint density at radius 3 is 3.16 bits per heavy atom. The van der Waals surface area contributed by atoms with Crippen LogP contribution < -0.4 is 5.32 Å². The first-order chi connectivity index (χ1) is 9.38. The Morgan fingerprint density at radius 2 is 2.21 bits per heavy atom. The molecule has 4 nitrogen and oxygen atoms in total. The van der Waals surface area contributed by atoms with Gasteiger partial charge in [-0.05, 0) is 18.1 Å². The van der Waals surface area contributed by atoms with E-state index in [1.807, 2.05) is 6.20 Å². The average Bonchev–Trinajstić information content (AvgIpc) is 3.03. The van der Waals surface area contributed by atoms with Crippen molar-refractivity contribution in [2.45, 2.75) is 25.6 Å². The average molecular weight is 254 g/mol. The van der Waals surface area contributed by atoms with E-state index >= 15 is 0 Å². The van der Waals surface area contributed by atoms with E-state index in [0.717, 1.165) is 32.6 Å². The maximum Gasteiger partial charge on any atom is 0.122 e. The lowest BCUT2D eigenvalue weighted by atomic mass is 10.1. The van der Waals surface area contributed by atoms with Crippen LogP contribution in [0.4, 0.5) is 5.69 Å². The molecule has 0 saturated carbocycles. The zero-order valence-electron chi connectivity index (χ0n) is 10.9. The molecule has 0 saturated heterocycles. The summed E-state index contributed by atoms with van der Waals surface area (Å²) in [4.78, 5) is 6.93. The van der Waals surface area contributed by atoms with Crippen LogP contribution in [0.1, 0.15) is 11.4 Å². The Morgan fingerprint density at radius 1 is 1.26 bits per heavy atom. The Hall–Kier alpha value is -1.81. The summed E-state index contributed by atoms with van der Waals surface area (Å²) in [5.41, 5.74) is 2.76. The van der Waals surface area contributed by atoms with Gasteiger partial charge in [-0.25, -0.2) is 4.98 Å². The second-order valence-electron chi connectivity index (χ2n) is 5.47. The molecule has 0 spiro atoms. The lowest BCUT2D eigenvalue weighted by Gasteiger charge is -2.29. The first kappa shape index (κ1) is 11.1. The standard InChI is InChI=1S/C15H18N4/c1-2-4-14-12(3-1)9-13(17-14)10-18-7-8-19-6-5-16-15(19)11-18/h1-6,13,17H,7-11H2. The van der Waals surface area contributed by atoms with Gasteiger partial charge in [-0.15, -0.1) is 0 Å². The molecule has 0 amide bonds. The summed E-state index contributed by atoms with van der Waals surface area (Å²) >= 11 is 0. The number of fused-ring (bicyclic) bond motifs is 2. The number of nitrogens with zero attached hydrogens (tertiary/aromatic N) is 3. The summed E-state index contributed by atoms with van der Waals surface area (Å²) in [5, 5.41) is 3.63. The SMILES string of the molecule is c1ccc2c(c1)CC(CN1CCn3ccnc3C1)N2. The van der Waals surface area contributed by atoms with Crippen LogP contribution in [0.5, 0.6) is 0 Å². The van der Waals surface area contributed by atoms with Gasteiger partial charge in [0.1, 0.15) is 5.82 Å². The zero-order chi connectivity index (χ0) is 12.7. The number of aromatic nitrogens is 2. The lowest BCUT2D eigenvalue weighted by Crippen LogP contribution is -2.40. The van der Waals surface area contributed by atoms with Crippen LogP contribution in [0.2, 0.25) is 0 Å². The van der Waals surface area contributed by atoms with Crippen LogP contribution in [0, 0.1) is 0 Å². The quantitative estimate of drug-likeness (QED) is 0.886. The van der Waals surface area contributed by atoms with E-state index in [4.69, 9.17) is 0 Å². The fraction of sp³-hybridized carbons (Fsp3) is 0.400. The van der Waals surface area contributed by atoms with Gasteiger partial charge < -0.3 is 9.88 Å². The van der Waals surface area contributed by atoms with Crippen molar-refractivity contribution in [1.29, 1.82) is 0 Å². The molecule has 3 heterocycles. The molecule has 0 bridgehead atoms. The van der Waals surface area contributed by atoms with E-state index in [-0.39, 0.29) is 0 Å². The predicted molar refractivity (Wildman–Crippen MR) is 75.1 cm³/mol. The maximum absolute atomic E-state index is 4.42. The van der Waals surface area contributed by atoms with Gasteiger partial charge in [0.2, 0.25) is 0 Å². The maximum atomic E-state index is 4.42. The van der Waals surface area contributed by atoms with E-state index < -0.39 is 0 Å². The predicted octanol–water partition coefficient (Wildman–Crippen LogP) is 1.74. The summed E-state index contributed by atoms with van der Waals surface area (Å²) in [6.07, 6.45) is 5.12. The van der Waals surface area contributed by atoms with Gasteiger partial charge in [-0.3, -0.25) is 4.90 Å². The molecule has 1 aromatic carbocycles. The molecule has 1 unspecified atom stereocenters. The first-order valence-electron chi connectivity index (χ1n) is 6.95. The van der Waals surface area contributed by atoms with Crippen LogP contribution in [-0.4, -0.2) is 33.6 Å². The highest BCUT2D eigenvalue weighted by Crippen LogP contribution is 2.26. The van der Waals surface area contributed by atoms with Gasteiger partial charge in [-0.2, -0.15) is 0 Å². The molecule has 19 heavy (non-hydrogen) atoms. The van der Waals surface area contributed by atoms with Gasteiger partial charge in [0.05, 0.1) is 6.54 Å². The largest absolute Gasteiger partial charge is 0.380 e. The van der Waals surface area contributed by atoms with Crippen molar-refractivity contribution in [2.75, 3.05) is 18.4 Å². The van der Waals surface area contributed by atoms with Crippen LogP contribution in [-0.2, 0) is 19.5 Å². The summed E-state index contributed by atoms with van der Waals surface area (Å²) in [5.74, 6) is 1.20. The molecule has 4 rings (SSSR count). The lowest BCUT2D eigenvalue weighted by molar-refractivity contribution is 0.209. The van der Waals surface area contributed by atoms with E-state index in [1.54, 1.807) is 0 Å². The smallest absolute Gasteiger partial charge is 0.122 e. The molecule has 1 N–H and O–H groups in total. The van der Waals surface area contributed by atoms with Crippen LogP contribution in [0.15, 0.2) is 36.7 Å². The fourth-order valence-electron chi connectivity index (χ4n) is 3.18. The number of benzene rings is 1. The van der Waals surface area contributed by atoms with Crippen molar-refractivity contribution in [2.24, 2.45) is 0 Å². The molecule has 2 aliphatic heterocycles. The monoisotopic (exact) mass is 254 g/mol. The van der Waals surface area contributed by atoms with Crippen LogP contribution >= 0.6 is 0 Å². The van der Waals surface area contributed by atoms with E-state index in [2.05, 4.69) is 50.2 Å². The molecule has 4 heteroatoms. The molecular weight excluding hydrogens is 236 g/mol. The minimum Gasteiger partial charge on any atom is -0.380 e. The van der Waals surface area contributed by atoms with E-state index in [1.165, 1.54) is 17.1 Å². The highest BCUT2D eigenvalue weighted by molar-refractivity contribution is 5.56.